The topological polar surface area (TPSA) is 52.6 Å². The van der Waals surface area contributed by atoms with Crippen molar-refractivity contribution in [3.63, 3.8) is 0 Å². The van der Waals surface area contributed by atoms with Gasteiger partial charge in [-0.15, -0.1) is 0 Å². The fourth-order valence-electron chi connectivity index (χ4n) is 1.90. The number of β-amino-alcohol motifs (C(OH)–C–C–N with tert-alkyl or cyclic N) is 1. The summed E-state index contributed by atoms with van der Waals surface area (Å²) in [6.45, 7) is 0.291. The molecule has 86 valence electrons. The molecule has 16 heavy (non-hydrogen) atoms. The highest BCUT2D eigenvalue weighted by atomic mass is 19.1. The van der Waals surface area contributed by atoms with E-state index < -0.39 is 0 Å². The summed E-state index contributed by atoms with van der Waals surface area (Å²) in [5.41, 5.74) is 3.38. The van der Waals surface area contributed by atoms with E-state index in [4.69, 9.17) is 5.11 Å². The van der Waals surface area contributed by atoms with Crippen molar-refractivity contribution < 1.29 is 14.3 Å². The first-order valence-corrected chi connectivity index (χ1v) is 5.13. The number of amides is 1. The van der Waals surface area contributed by atoms with E-state index in [1.807, 2.05) is 0 Å². The molecule has 0 radical (unpaired) electrons. The van der Waals surface area contributed by atoms with Gasteiger partial charge in [0.1, 0.15) is 5.82 Å². The maximum absolute atomic E-state index is 13.1. The average Bonchev–Trinajstić information content (AvgIpc) is 2.60. The Bertz CT molecular complexity index is 397. The van der Waals surface area contributed by atoms with Gasteiger partial charge in [0.25, 0.3) is 0 Å². The number of hydrazine groups is 1. The summed E-state index contributed by atoms with van der Waals surface area (Å²) in [6.07, 6.45) is 0.295. The normalized spacial score (nSPS) is 21.1. The number of nitrogens with one attached hydrogen (secondary N) is 1. The second-order valence-corrected chi connectivity index (χ2v) is 3.73. The predicted octanol–water partition coefficient (Wildman–Crippen LogP) is 0.596. The summed E-state index contributed by atoms with van der Waals surface area (Å²) in [6, 6.07) is 5.97. The summed E-state index contributed by atoms with van der Waals surface area (Å²) in [4.78, 5) is 11.3. The van der Waals surface area contributed by atoms with Crippen molar-refractivity contribution in [1.29, 1.82) is 0 Å². The van der Waals surface area contributed by atoms with Gasteiger partial charge in [0.2, 0.25) is 5.91 Å². The van der Waals surface area contributed by atoms with Crippen LogP contribution in [0.3, 0.4) is 0 Å². The molecule has 0 aliphatic carbocycles. The van der Waals surface area contributed by atoms with Gasteiger partial charge in [0.05, 0.1) is 12.6 Å². The van der Waals surface area contributed by atoms with Crippen LogP contribution < -0.4 is 5.43 Å². The van der Waals surface area contributed by atoms with Crippen molar-refractivity contribution in [3.05, 3.63) is 35.6 Å². The Morgan fingerprint density at radius 3 is 3.06 bits per heavy atom. The Kier molecular flexibility index (Phi) is 3.17. The fraction of sp³-hybridized carbons (Fsp3) is 0.364. The van der Waals surface area contributed by atoms with E-state index in [1.54, 1.807) is 17.1 Å². The molecule has 0 spiro atoms. The van der Waals surface area contributed by atoms with Crippen LogP contribution in [0.15, 0.2) is 24.3 Å². The van der Waals surface area contributed by atoms with Crippen LogP contribution in [0.5, 0.6) is 0 Å². The molecule has 1 aliphatic heterocycles. The number of nitrogens with zero attached hydrogens (tertiary/aromatic N) is 1. The summed E-state index contributed by atoms with van der Waals surface area (Å²) >= 11 is 0. The van der Waals surface area contributed by atoms with E-state index in [-0.39, 0.29) is 24.4 Å². The summed E-state index contributed by atoms with van der Waals surface area (Å²) < 4.78 is 13.1. The summed E-state index contributed by atoms with van der Waals surface area (Å²) in [5.74, 6) is -0.427. The lowest BCUT2D eigenvalue weighted by atomic mass is 10.0. The predicted molar refractivity (Wildman–Crippen MR) is 55.7 cm³/mol. The molecular weight excluding hydrogens is 211 g/mol. The molecule has 1 heterocycles. The van der Waals surface area contributed by atoms with Crippen LogP contribution >= 0.6 is 0 Å². The minimum Gasteiger partial charge on any atom is -0.395 e. The van der Waals surface area contributed by atoms with E-state index in [0.29, 0.717) is 13.0 Å². The lowest BCUT2D eigenvalue weighted by molar-refractivity contribution is -0.121. The summed E-state index contributed by atoms with van der Waals surface area (Å²) in [7, 11) is 0. The van der Waals surface area contributed by atoms with Gasteiger partial charge in [-0.3, -0.25) is 10.2 Å². The van der Waals surface area contributed by atoms with E-state index in [9.17, 15) is 9.18 Å². The molecule has 0 bridgehead atoms. The van der Waals surface area contributed by atoms with E-state index in [2.05, 4.69) is 5.43 Å². The van der Waals surface area contributed by atoms with Crippen molar-refractivity contribution in [1.82, 2.24) is 10.4 Å². The molecule has 1 aromatic rings. The molecule has 1 aliphatic rings. The number of aliphatic hydroxyl groups excluding tert-OH is 1. The quantitative estimate of drug-likeness (QED) is 0.790. The molecule has 1 atom stereocenters. The zero-order valence-corrected chi connectivity index (χ0v) is 8.69. The van der Waals surface area contributed by atoms with E-state index in [1.165, 1.54) is 12.1 Å². The van der Waals surface area contributed by atoms with Crippen molar-refractivity contribution in [2.24, 2.45) is 0 Å². The first kappa shape index (κ1) is 11.0. The van der Waals surface area contributed by atoms with Crippen molar-refractivity contribution in [2.75, 3.05) is 13.2 Å². The zero-order chi connectivity index (χ0) is 11.5. The van der Waals surface area contributed by atoms with Gasteiger partial charge in [-0.2, -0.15) is 0 Å². The smallest absolute Gasteiger partial charge is 0.236 e. The van der Waals surface area contributed by atoms with Gasteiger partial charge in [-0.25, -0.2) is 9.40 Å². The Morgan fingerprint density at radius 2 is 2.38 bits per heavy atom. The van der Waals surface area contributed by atoms with Crippen LogP contribution in [-0.4, -0.2) is 29.2 Å². The lowest BCUT2D eigenvalue weighted by Gasteiger charge is -2.22. The van der Waals surface area contributed by atoms with Crippen LogP contribution in [-0.2, 0) is 4.79 Å². The van der Waals surface area contributed by atoms with Gasteiger partial charge in [0, 0.05) is 13.0 Å². The molecule has 1 amide bonds. The Balaban J connectivity index is 2.21. The number of rotatable bonds is 3. The zero-order valence-electron chi connectivity index (χ0n) is 8.69. The SMILES string of the molecule is O=C1CC(c2cccc(F)c2)N(CCO)N1. The van der Waals surface area contributed by atoms with Gasteiger partial charge in [-0.1, -0.05) is 12.1 Å². The number of halogens is 1. The first-order valence-electron chi connectivity index (χ1n) is 5.13. The molecule has 4 nitrogen and oxygen atoms in total. The van der Waals surface area contributed by atoms with E-state index in [0.717, 1.165) is 5.56 Å². The van der Waals surface area contributed by atoms with Crippen molar-refractivity contribution in [3.8, 4) is 0 Å². The minimum absolute atomic E-state index is 0.0495. The number of carbonyl (C=O) groups is 1. The maximum Gasteiger partial charge on any atom is 0.236 e. The first-order chi connectivity index (χ1) is 7.70. The highest BCUT2D eigenvalue weighted by Gasteiger charge is 2.30. The van der Waals surface area contributed by atoms with Gasteiger partial charge >= 0.3 is 0 Å². The number of hydrogen-bond acceptors (Lipinski definition) is 3. The summed E-state index contributed by atoms with van der Waals surface area (Å²) in [5, 5.41) is 10.5. The monoisotopic (exact) mass is 224 g/mol. The van der Waals surface area contributed by atoms with Crippen molar-refractivity contribution >= 4 is 5.91 Å². The third kappa shape index (κ3) is 2.20. The highest BCUT2D eigenvalue weighted by Crippen LogP contribution is 2.27. The van der Waals surface area contributed by atoms with Crippen LogP contribution in [0, 0.1) is 5.82 Å². The molecule has 0 saturated carbocycles. The largest absolute Gasteiger partial charge is 0.395 e. The third-order valence-corrected chi connectivity index (χ3v) is 2.60. The molecule has 1 unspecified atom stereocenters. The Hall–Kier alpha value is -1.46. The average molecular weight is 224 g/mol. The Labute approximate surface area is 92.7 Å². The minimum atomic E-state index is -0.319. The van der Waals surface area contributed by atoms with Crippen LogP contribution in [0.4, 0.5) is 4.39 Å². The third-order valence-electron chi connectivity index (χ3n) is 2.60. The second-order valence-electron chi connectivity index (χ2n) is 3.73. The number of hydrogen-bond donors (Lipinski definition) is 2. The fourth-order valence-corrected chi connectivity index (χ4v) is 1.90. The standard InChI is InChI=1S/C11H13FN2O2/c12-9-3-1-2-8(6-9)10-7-11(16)13-14(10)4-5-15/h1-3,6,10,15H,4-5,7H2,(H,13,16). The van der Waals surface area contributed by atoms with Gasteiger partial charge < -0.3 is 5.11 Å². The highest BCUT2D eigenvalue weighted by molar-refractivity contribution is 5.78. The van der Waals surface area contributed by atoms with Gasteiger partial charge in [0.15, 0.2) is 0 Å². The lowest BCUT2D eigenvalue weighted by Crippen LogP contribution is -2.36. The number of carbonyl (C=O) groups excluding carboxylic acids is 1. The van der Waals surface area contributed by atoms with E-state index >= 15 is 0 Å². The number of aliphatic hydroxyl groups is 1. The molecule has 1 fully saturated rings. The van der Waals surface area contributed by atoms with Crippen LogP contribution in [0.1, 0.15) is 18.0 Å². The Morgan fingerprint density at radius 1 is 1.56 bits per heavy atom. The molecule has 2 rings (SSSR count). The molecule has 2 N–H and O–H groups in total. The molecular formula is C11H13FN2O2. The molecule has 5 heteroatoms. The van der Waals surface area contributed by atoms with Crippen LogP contribution in [0.2, 0.25) is 0 Å². The number of benzene rings is 1. The molecule has 0 aromatic heterocycles. The van der Waals surface area contributed by atoms with Crippen molar-refractivity contribution in [2.45, 2.75) is 12.5 Å². The van der Waals surface area contributed by atoms with Gasteiger partial charge in [-0.05, 0) is 17.7 Å². The molecule has 1 aromatic carbocycles. The molecule has 1 saturated heterocycles. The van der Waals surface area contributed by atoms with Crippen LogP contribution in [0.25, 0.3) is 0 Å². The maximum atomic E-state index is 13.1. The second kappa shape index (κ2) is 4.59.